The monoisotopic (exact) mass is 420 g/mol. The fraction of sp³-hybridized carbons (Fsp3) is 0.150. The lowest BCUT2D eigenvalue weighted by Gasteiger charge is -2.09. The fourth-order valence-electron chi connectivity index (χ4n) is 2.50. The van der Waals surface area contributed by atoms with Gasteiger partial charge in [-0.25, -0.2) is 9.79 Å². The summed E-state index contributed by atoms with van der Waals surface area (Å²) in [4.78, 5) is 29.8. The van der Waals surface area contributed by atoms with E-state index in [-0.39, 0.29) is 16.8 Å². The molecule has 1 aliphatic rings. The van der Waals surface area contributed by atoms with Crippen LogP contribution in [-0.2, 0) is 15.7 Å². The largest absolute Gasteiger partial charge is 0.465 e. The van der Waals surface area contributed by atoms with Crippen LogP contribution < -0.4 is 0 Å². The molecular weight excluding hydrogens is 405 g/mol. The molecule has 1 fully saturated rings. The smallest absolute Gasteiger partial charge is 0.416 e. The highest BCUT2D eigenvalue weighted by molar-refractivity contribution is 8.18. The summed E-state index contributed by atoms with van der Waals surface area (Å²) in [5.74, 6) is -0.788. The lowest BCUT2D eigenvalue weighted by atomic mass is 10.1. The third-order valence-electron chi connectivity index (χ3n) is 4.03. The Morgan fingerprint density at radius 1 is 1.17 bits per heavy atom. The van der Waals surface area contributed by atoms with Crippen molar-refractivity contribution in [2.75, 3.05) is 14.2 Å². The van der Waals surface area contributed by atoms with Crippen molar-refractivity contribution in [2.24, 2.45) is 4.99 Å². The van der Waals surface area contributed by atoms with E-state index in [0.29, 0.717) is 16.0 Å². The van der Waals surface area contributed by atoms with Crippen LogP contribution in [0.1, 0.15) is 21.5 Å². The Morgan fingerprint density at radius 3 is 2.48 bits per heavy atom. The predicted molar refractivity (Wildman–Crippen MR) is 105 cm³/mol. The van der Waals surface area contributed by atoms with E-state index < -0.39 is 17.7 Å². The number of halogens is 3. The maximum Gasteiger partial charge on any atom is 0.416 e. The Balaban J connectivity index is 1.85. The minimum absolute atomic E-state index is 0.102. The number of methoxy groups -OCH3 is 1. The number of amidine groups is 1. The number of ether oxygens (including phenoxy) is 1. The summed E-state index contributed by atoms with van der Waals surface area (Å²) in [5, 5.41) is 0.270. The van der Waals surface area contributed by atoms with Crippen LogP contribution in [-0.4, -0.2) is 36.1 Å². The quantitative estimate of drug-likeness (QED) is 0.532. The SMILES string of the molecule is COC(=O)c1ccc(/C=C2\SC(=Nc3cccc(C(F)(F)F)c3)N(C)C2=O)cc1. The number of amides is 1. The molecular formula is C20H15F3N2O3S. The molecule has 1 aliphatic heterocycles. The number of nitrogens with zero attached hydrogens (tertiary/aromatic N) is 2. The average molecular weight is 420 g/mol. The number of alkyl halides is 3. The van der Waals surface area contributed by atoms with Gasteiger partial charge in [-0.2, -0.15) is 13.2 Å². The van der Waals surface area contributed by atoms with Gasteiger partial charge in [-0.05, 0) is 53.7 Å². The van der Waals surface area contributed by atoms with Crippen molar-refractivity contribution in [3.05, 3.63) is 70.1 Å². The molecule has 29 heavy (non-hydrogen) atoms. The third kappa shape index (κ3) is 4.68. The molecule has 0 spiro atoms. The van der Waals surface area contributed by atoms with Crippen molar-refractivity contribution in [3.63, 3.8) is 0 Å². The van der Waals surface area contributed by atoms with Gasteiger partial charge in [0.05, 0.1) is 28.8 Å². The highest BCUT2D eigenvalue weighted by Gasteiger charge is 2.32. The molecule has 150 valence electrons. The van der Waals surface area contributed by atoms with Gasteiger partial charge < -0.3 is 4.74 Å². The second kappa shape index (κ2) is 8.12. The third-order valence-corrected chi connectivity index (χ3v) is 5.09. The molecule has 1 saturated heterocycles. The van der Waals surface area contributed by atoms with Crippen LogP contribution in [0.5, 0.6) is 0 Å². The van der Waals surface area contributed by atoms with Gasteiger partial charge in [0.2, 0.25) is 0 Å². The molecule has 0 radical (unpaired) electrons. The number of hydrogen-bond donors (Lipinski definition) is 0. The van der Waals surface area contributed by atoms with Gasteiger partial charge in [0.15, 0.2) is 5.17 Å². The van der Waals surface area contributed by atoms with Gasteiger partial charge in [0, 0.05) is 7.05 Å². The first-order chi connectivity index (χ1) is 13.7. The minimum Gasteiger partial charge on any atom is -0.465 e. The number of esters is 1. The molecule has 0 unspecified atom stereocenters. The van der Waals surface area contributed by atoms with Gasteiger partial charge >= 0.3 is 12.1 Å². The highest BCUT2D eigenvalue weighted by atomic mass is 32.2. The van der Waals surface area contributed by atoms with E-state index in [1.807, 2.05) is 0 Å². The van der Waals surface area contributed by atoms with E-state index >= 15 is 0 Å². The maximum atomic E-state index is 12.9. The lowest BCUT2D eigenvalue weighted by molar-refractivity contribution is -0.137. The van der Waals surface area contributed by atoms with Crippen molar-refractivity contribution in [1.29, 1.82) is 0 Å². The van der Waals surface area contributed by atoms with Crippen molar-refractivity contribution in [3.8, 4) is 0 Å². The molecule has 2 aromatic carbocycles. The molecule has 9 heteroatoms. The normalized spacial score (nSPS) is 17.3. The molecule has 3 rings (SSSR count). The van der Waals surface area contributed by atoms with Gasteiger partial charge in [0.25, 0.3) is 5.91 Å². The van der Waals surface area contributed by atoms with Gasteiger partial charge in [0.1, 0.15) is 0 Å². The van der Waals surface area contributed by atoms with E-state index in [1.165, 1.54) is 31.2 Å². The van der Waals surface area contributed by atoms with Crippen LogP contribution in [0.3, 0.4) is 0 Å². The summed E-state index contributed by atoms with van der Waals surface area (Å²) < 4.78 is 43.2. The van der Waals surface area contributed by atoms with E-state index in [1.54, 1.807) is 30.3 Å². The first-order valence-corrected chi connectivity index (χ1v) is 9.12. The number of likely N-dealkylation sites (N-methyl/N-ethyl adjacent to an activating group) is 1. The Hall–Kier alpha value is -3.07. The number of hydrogen-bond acceptors (Lipinski definition) is 5. The second-order valence-electron chi connectivity index (χ2n) is 6.03. The summed E-state index contributed by atoms with van der Waals surface area (Å²) in [6.45, 7) is 0. The van der Waals surface area contributed by atoms with E-state index in [4.69, 9.17) is 0 Å². The highest BCUT2D eigenvalue weighted by Crippen LogP contribution is 2.35. The molecule has 5 nitrogen and oxygen atoms in total. The van der Waals surface area contributed by atoms with Crippen LogP contribution in [0.25, 0.3) is 6.08 Å². The van der Waals surface area contributed by atoms with E-state index in [9.17, 15) is 22.8 Å². The zero-order valence-electron chi connectivity index (χ0n) is 15.4. The first-order valence-electron chi connectivity index (χ1n) is 8.31. The van der Waals surface area contributed by atoms with Gasteiger partial charge in [-0.1, -0.05) is 18.2 Å². The number of aliphatic imine (C=N–C) groups is 1. The Bertz CT molecular complexity index is 1010. The standard InChI is InChI=1S/C20H15F3N2O3S/c1-25-17(26)16(10-12-6-8-13(9-7-12)18(27)28-2)29-19(25)24-15-5-3-4-14(11-15)20(21,22)23/h3-11H,1-2H3/b16-10-,24-19?. The minimum atomic E-state index is -4.47. The fourth-order valence-corrected chi connectivity index (χ4v) is 3.49. The Labute approximate surface area is 168 Å². The summed E-state index contributed by atoms with van der Waals surface area (Å²) in [5.41, 5.74) is 0.356. The summed E-state index contributed by atoms with van der Waals surface area (Å²) in [7, 11) is 2.79. The molecule has 2 aromatic rings. The topological polar surface area (TPSA) is 59.0 Å². The molecule has 0 saturated carbocycles. The zero-order valence-corrected chi connectivity index (χ0v) is 16.2. The predicted octanol–water partition coefficient (Wildman–Crippen LogP) is 4.73. The number of thioether (sulfide) groups is 1. The zero-order chi connectivity index (χ0) is 21.2. The Kier molecular flexibility index (Phi) is 5.78. The van der Waals surface area contributed by atoms with Gasteiger partial charge in [-0.15, -0.1) is 0 Å². The molecule has 0 bridgehead atoms. The van der Waals surface area contributed by atoms with E-state index in [0.717, 1.165) is 23.9 Å². The lowest BCUT2D eigenvalue weighted by Crippen LogP contribution is -2.23. The van der Waals surface area contributed by atoms with Crippen LogP contribution in [0.4, 0.5) is 18.9 Å². The van der Waals surface area contributed by atoms with Crippen LogP contribution in [0.15, 0.2) is 58.4 Å². The van der Waals surface area contributed by atoms with Crippen molar-refractivity contribution in [2.45, 2.75) is 6.18 Å². The van der Waals surface area contributed by atoms with E-state index in [2.05, 4.69) is 9.73 Å². The van der Waals surface area contributed by atoms with Crippen LogP contribution in [0.2, 0.25) is 0 Å². The molecule has 0 aromatic heterocycles. The van der Waals surface area contributed by atoms with Gasteiger partial charge in [-0.3, -0.25) is 9.69 Å². The Morgan fingerprint density at radius 2 is 1.86 bits per heavy atom. The molecule has 0 N–H and O–H groups in total. The number of benzene rings is 2. The maximum absolute atomic E-state index is 12.9. The number of carbonyl (C=O) groups is 2. The molecule has 0 aliphatic carbocycles. The number of carbonyl (C=O) groups excluding carboxylic acids is 2. The summed E-state index contributed by atoms with van der Waals surface area (Å²) in [6.07, 6.45) is -2.85. The number of rotatable bonds is 3. The second-order valence-corrected chi connectivity index (χ2v) is 7.04. The summed E-state index contributed by atoms with van der Waals surface area (Å²) >= 11 is 1.06. The molecule has 1 heterocycles. The van der Waals surface area contributed by atoms with Crippen LogP contribution >= 0.6 is 11.8 Å². The summed E-state index contributed by atoms with van der Waals surface area (Å²) in [6, 6.07) is 11.1. The van der Waals surface area contributed by atoms with Crippen molar-refractivity contribution < 1.29 is 27.5 Å². The average Bonchev–Trinajstić information content (AvgIpc) is 2.95. The molecule has 0 atom stereocenters. The van der Waals surface area contributed by atoms with Crippen LogP contribution in [0, 0.1) is 0 Å². The molecule has 1 amide bonds. The van der Waals surface area contributed by atoms with Crippen molar-refractivity contribution >= 4 is 40.6 Å². The van der Waals surface area contributed by atoms with Crippen molar-refractivity contribution in [1.82, 2.24) is 4.90 Å². The first kappa shape index (κ1) is 20.7.